The maximum absolute atomic E-state index is 14.3. The predicted molar refractivity (Wildman–Crippen MR) is 155 cm³/mol. The van der Waals surface area contributed by atoms with E-state index in [0.29, 0.717) is 18.5 Å². The molecule has 0 amide bonds. The molecule has 0 spiro atoms. The topological polar surface area (TPSA) is 130 Å². The van der Waals surface area contributed by atoms with E-state index in [1.54, 1.807) is 0 Å². The normalized spacial score (nSPS) is 17.4. The predicted octanol–water partition coefficient (Wildman–Crippen LogP) is 6.61. The Hall–Kier alpha value is -5.77. The minimum Gasteiger partial charge on any atom is -0.466 e. The Morgan fingerprint density at radius 1 is 0.679 bits per heavy atom. The van der Waals surface area contributed by atoms with E-state index >= 15 is 0 Å². The van der Waals surface area contributed by atoms with Crippen LogP contribution in [0, 0.1) is 11.6 Å². The molecule has 53 heavy (non-hydrogen) atoms. The van der Waals surface area contributed by atoms with Crippen LogP contribution in [0.25, 0.3) is 33.8 Å². The molecule has 278 valence electrons. The van der Waals surface area contributed by atoms with E-state index in [1.807, 2.05) is 0 Å². The van der Waals surface area contributed by atoms with Crippen LogP contribution in [0.4, 0.5) is 48.3 Å². The van der Waals surface area contributed by atoms with Gasteiger partial charge in [-0.25, -0.2) is 31.9 Å². The molecule has 2 saturated carbocycles. The number of aromatic nitrogens is 10. The van der Waals surface area contributed by atoms with Crippen LogP contribution in [0.2, 0.25) is 0 Å². The van der Waals surface area contributed by atoms with Crippen molar-refractivity contribution in [3.8, 4) is 34.3 Å². The summed E-state index contributed by atoms with van der Waals surface area (Å²) in [4.78, 5) is 7.08. The molecule has 0 bridgehead atoms. The van der Waals surface area contributed by atoms with Gasteiger partial charge < -0.3 is 9.47 Å². The molecule has 2 aliphatic carbocycles. The Labute approximate surface area is 287 Å². The summed E-state index contributed by atoms with van der Waals surface area (Å²) in [6.07, 6.45) is -6.76. The zero-order valence-corrected chi connectivity index (χ0v) is 26.2. The summed E-state index contributed by atoms with van der Waals surface area (Å²) in [5.74, 6) is -7.67. The molecule has 12 nitrogen and oxygen atoms in total. The highest BCUT2D eigenvalue weighted by Gasteiger charge is 2.60. The van der Waals surface area contributed by atoms with Gasteiger partial charge in [0.1, 0.15) is 0 Å². The number of pyridine rings is 2. The molecule has 0 aromatic carbocycles. The Morgan fingerprint density at radius 2 is 1.15 bits per heavy atom. The monoisotopic (exact) mass is 760 g/mol. The van der Waals surface area contributed by atoms with E-state index in [0.717, 1.165) is 29.0 Å². The van der Waals surface area contributed by atoms with Crippen LogP contribution in [0.5, 0.6) is 11.8 Å². The maximum Gasteiger partial charge on any atom is 0.422 e. The quantitative estimate of drug-likeness (QED) is 0.156. The van der Waals surface area contributed by atoms with Crippen LogP contribution in [-0.4, -0.2) is 81.1 Å². The molecule has 6 aromatic heterocycles. The first-order valence-electron chi connectivity index (χ1n) is 15.1. The second-order valence-electron chi connectivity index (χ2n) is 11.9. The third kappa shape index (κ3) is 7.72. The summed E-state index contributed by atoms with van der Waals surface area (Å²) < 4.78 is 153. The van der Waals surface area contributed by atoms with Gasteiger partial charge in [0.25, 0.3) is 17.7 Å². The molecule has 0 aliphatic heterocycles. The molecular weight excluding hydrogens is 741 g/mol. The van der Waals surface area contributed by atoms with Gasteiger partial charge in [-0.2, -0.15) is 45.6 Å². The fraction of sp³-hybridized carbons (Fsp3) is 0.333. The number of nitrogens with zero attached hydrogens (tertiary/aromatic N) is 10. The average Bonchev–Trinajstić information content (AvgIpc) is 3.83. The largest absolute Gasteiger partial charge is 0.466 e. The van der Waals surface area contributed by atoms with Crippen molar-refractivity contribution in [1.82, 2.24) is 49.6 Å². The number of fused-ring (bicyclic) bond motifs is 2. The van der Waals surface area contributed by atoms with E-state index in [4.69, 9.17) is 0 Å². The summed E-state index contributed by atoms with van der Waals surface area (Å²) in [6.45, 7) is -3.33. The van der Waals surface area contributed by atoms with E-state index in [2.05, 4.69) is 50.0 Å². The molecule has 6 heterocycles. The summed E-state index contributed by atoms with van der Waals surface area (Å²) in [5.41, 5.74) is -0.314. The lowest BCUT2D eigenvalue weighted by molar-refractivity contribution is -0.155. The second-order valence-corrected chi connectivity index (χ2v) is 11.9. The van der Waals surface area contributed by atoms with Gasteiger partial charge in [0, 0.05) is 29.9 Å². The summed E-state index contributed by atoms with van der Waals surface area (Å²) in [6, 6.07) is 7.74. The Morgan fingerprint density at radius 3 is 1.60 bits per heavy atom. The van der Waals surface area contributed by atoms with Gasteiger partial charge in [0.2, 0.25) is 0 Å². The average molecular weight is 761 g/mol. The van der Waals surface area contributed by atoms with Gasteiger partial charge in [-0.15, -0.1) is 20.4 Å². The van der Waals surface area contributed by atoms with Crippen LogP contribution in [-0.2, 0) is 5.67 Å². The lowest BCUT2D eigenvalue weighted by Gasteiger charge is -2.10. The summed E-state index contributed by atoms with van der Waals surface area (Å²) in [5, 5.41) is 23.4. The molecule has 2 fully saturated rings. The van der Waals surface area contributed by atoms with Gasteiger partial charge in [-0.3, -0.25) is 0 Å². The van der Waals surface area contributed by atoms with E-state index in [9.17, 15) is 48.3 Å². The molecular formula is C30H19F11N10O2. The van der Waals surface area contributed by atoms with Gasteiger partial charge in [-0.05, 0) is 49.2 Å². The van der Waals surface area contributed by atoms with Gasteiger partial charge in [-0.1, -0.05) is 0 Å². The van der Waals surface area contributed by atoms with E-state index < -0.39 is 66.5 Å². The van der Waals surface area contributed by atoms with Gasteiger partial charge in [0.15, 0.2) is 53.5 Å². The van der Waals surface area contributed by atoms with Crippen molar-refractivity contribution >= 4 is 11.3 Å². The molecule has 1 unspecified atom stereocenters. The SMILES string of the molecule is Fc1cc(-c2ccc3nnc(C4(F)CC4)n3n2)cnc1OCC(F)(F)F.Fc1cc(-c2ccc3nnc(C4CC4(F)F)n3n2)cnc1OCC(F)(F)F. The number of rotatable bonds is 8. The molecule has 0 radical (unpaired) electrons. The number of halogens is 11. The lowest BCUT2D eigenvalue weighted by Crippen LogP contribution is -2.20. The van der Waals surface area contributed by atoms with Crippen LogP contribution < -0.4 is 9.47 Å². The van der Waals surface area contributed by atoms with Crippen molar-refractivity contribution in [3.63, 3.8) is 0 Å². The second kappa shape index (κ2) is 12.7. The lowest BCUT2D eigenvalue weighted by atomic mass is 10.2. The standard InChI is InChI=1S/C15H9F6N5O.C15H10F5N5O/c16-9-3-7(5-22-13(9)27-6-15(19,20)21)10-1-2-11-23-24-12(26(11)25-10)8-4-14(8,17)18;16-9-5-8(6-21-12(9)26-7-15(18,19)20)10-1-2-11-22-23-13(25(11)24-10)14(17)3-4-14/h1-3,5,8H,4,6H2;1-2,5-6H,3-4,7H2. The van der Waals surface area contributed by atoms with Crippen molar-refractivity contribution in [1.29, 1.82) is 0 Å². The molecule has 1 atom stereocenters. The molecule has 23 heteroatoms. The Balaban J connectivity index is 0.000000164. The summed E-state index contributed by atoms with van der Waals surface area (Å²) in [7, 11) is 0. The number of hydrogen-bond acceptors (Lipinski definition) is 10. The highest BCUT2D eigenvalue weighted by atomic mass is 19.4. The highest BCUT2D eigenvalue weighted by Crippen LogP contribution is 2.55. The van der Waals surface area contributed by atoms with Crippen molar-refractivity contribution in [3.05, 3.63) is 72.1 Å². The third-order valence-electron chi connectivity index (χ3n) is 7.73. The van der Waals surface area contributed by atoms with Crippen molar-refractivity contribution < 1.29 is 57.8 Å². The fourth-order valence-corrected chi connectivity index (χ4v) is 4.87. The van der Waals surface area contributed by atoms with Gasteiger partial charge >= 0.3 is 12.4 Å². The van der Waals surface area contributed by atoms with Crippen LogP contribution in [0.1, 0.15) is 36.8 Å². The van der Waals surface area contributed by atoms with Crippen LogP contribution >= 0.6 is 0 Å². The molecule has 0 saturated heterocycles. The first kappa shape index (κ1) is 35.6. The van der Waals surface area contributed by atoms with Crippen LogP contribution in [0.3, 0.4) is 0 Å². The van der Waals surface area contributed by atoms with Crippen LogP contribution in [0.15, 0.2) is 48.8 Å². The minimum absolute atomic E-state index is 0.0181. The molecule has 0 N–H and O–H groups in total. The molecule has 6 aromatic rings. The number of hydrogen-bond donors (Lipinski definition) is 0. The van der Waals surface area contributed by atoms with E-state index in [-0.39, 0.29) is 46.2 Å². The first-order valence-corrected chi connectivity index (χ1v) is 15.1. The maximum atomic E-state index is 14.3. The highest BCUT2D eigenvalue weighted by molar-refractivity contribution is 5.61. The minimum atomic E-state index is -4.63. The van der Waals surface area contributed by atoms with Gasteiger partial charge in [0.05, 0.1) is 17.3 Å². The first-order chi connectivity index (χ1) is 24.9. The van der Waals surface area contributed by atoms with Crippen molar-refractivity contribution in [2.45, 2.75) is 49.1 Å². The Kier molecular flexibility index (Phi) is 8.55. The molecule has 8 rings (SSSR count). The fourth-order valence-electron chi connectivity index (χ4n) is 4.87. The Bertz CT molecular complexity index is 2320. The molecule has 2 aliphatic rings. The van der Waals surface area contributed by atoms with Crippen molar-refractivity contribution in [2.24, 2.45) is 0 Å². The smallest absolute Gasteiger partial charge is 0.422 e. The number of ether oxygens (including phenoxy) is 2. The van der Waals surface area contributed by atoms with Crippen molar-refractivity contribution in [2.75, 3.05) is 13.2 Å². The summed E-state index contributed by atoms with van der Waals surface area (Å²) >= 11 is 0. The zero-order valence-electron chi connectivity index (χ0n) is 26.2. The van der Waals surface area contributed by atoms with E-state index in [1.165, 1.54) is 28.8 Å². The third-order valence-corrected chi connectivity index (χ3v) is 7.73. The zero-order chi connectivity index (χ0) is 37.9. The number of alkyl halides is 9.